The van der Waals surface area contributed by atoms with Gasteiger partial charge in [-0.15, -0.1) is 0 Å². The third-order valence-corrected chi connectivity index (χ3v) is 3.33. The molecule has 2 amide bonds. The number of carbonyl (C=O) groups is 2. The highest BCUT2D eigenvalue weighted by Gasteiger charge is 2.17. The van der Waals surface area contributed by atoms with Gasteiger partial charge in [0.25, 0.3) is 0 Å². The summed E-state index contributed by atoms with van der Waals surface area (Å²) in [5.74, 6) is -0.784. The normalized spacial score (nSPS) is 13.1. The van der Waals surface area contributed by atoms with Crippen LogP contribution in [-0.4, -0.2) is 41.7 Å². The molecule has 0 aromatic heterocycles. The fourth-order valence-corrected chi connectivity index (χ4v) is 1.72. The van der Waals surface area contributed by atoms with E-state index in [4.69, 9.17) is 9.84 Å². The Morgan fingerprint density at radius 1 is 1.27 bits per heavy atom. The van der Waals surface area contributed by atoms with E-state index < -0.39 is 11.9 Å². The molecule has 1 rings (SSSR count). The predicted molar refractivity (Wildman–Crippen MR) is 85.3 cm³/mol. The lowest BCUT2D eigenvalue weighted by molar-refractivity contribution is -0.141. The maximum absolute atomic E-state index is 12.0. The summed E-state index contributed by atoms with van der Waals surface area (Å²) in [6, 6.07) is 6.75. The average molecular weight is 308 g/mol. The van der Waals surface area contributed by atoms with Crippen LogP contribution in [-0.2, 0) is 4.79 Å². The Hall–Kier alpha value is -2.24. The van der Waals surface area contributed by atoms with Gasteiger partial charge < -0.3 is 20.1 Å². The smallest absolute Gasteiger partial charge is 0.321 e. The number of rotatable bonds is 7. The molecule has 0 spiro atoms. The molecular weight excluding hydrogens is 284 g/mol. The van der Waals surface area contributed by atoms with Crippen molar-refractivity contribution in [3.63, 3.8) is 0 Å². The number of carboxylic acids is 1. The Kier molecular flexibility index (Phi) is 6.69. The fourth-order valence-electron chi connectivity index (χ4n) is 1.72. The molecule has 6 heteroatoms. The third kappa shape index (κ3) is 5.63. The van der Waals surface area contributed by atoms with E-state index in [1.54, 1.807) is 38.2 Å². The van der Waals surface area contributed by atoms with Gasteiger partial charge in [-0.2, -0.15) is 0 Å². The van der Waals surface area contributed by atoms with Gasteiger partial charge in [0.1, 0.15) is 5.75 Å². The van der Waals surface area contributed by atoms with E-state index in [-0.39, 0.29) is 18.7 Å². The molecular formula is C16H24N2O4. The first kappa shape index (κ1) is 17.8. The molecule has 0 aliphatic rings. The van der Waals surface area contributed by atoms with Crippen LogP contribution in [0.2, 0.25) is 0 Å². The van der Waals surface area contributed by atoms with Gasteiger partial charge in [0.2, 0.25) is 0 Å². The number of hydrogen-bond acceptors (Lipinski definition) is 3. The van der Waals surface area contributed by atoms with E-state index >= 15 is 0 Å². The molecule has 0 saturated carbocycles. The number of hydrogen-bond donors (Lipinski definition) is 2. The first-order valence-electron chi connectivity index (χ1n) is 7.35. The minimum atomic E-state index is -0.925. The molecule has 22 heavy (non-hydrogen) atoms. The minimum absolute atomic E-state index is 0.143. The molecule has 0 aliphatic heterocycles. The van der Waals surface area contributed by atoms with Crippen molar-refractivity contribution in [3.05, 3.63) is 24.3 Å². The van der Waals surface area contributed by atoms with E-state index in [1.165, 1.54) is 4.90 Å². The zero-order chi connectivity index (χ0) is 16.7. The standard InChI is InChI=1S/C16H24N2O4/c1-5-12(3)22-14-8-6-13(7-9-14)17-16(21)18(4)10-11(2)15(19)20/h6-9,11-12H,5,10H2,1-4H3,(H,17,21)(H,19,20). The molecule has 0 heterocycles. The van der Waals surface area contributed by atoms with Crippen LogP contribution < -0.4 is 10.1 Å². The molecule has 0 aliphatic carbocycles. The number of nitrogens with one attached hydrogen (secondary N) is 1. The highest BCUT2D eigenvalue weighted by atomic mass is 16.5. The van der Waals surface area contributed by atoms with Gasteiger partial charge in [-0.05, 0) is 37.6 Å². The van der Waals surface area contributed by atoms with E-state index in [0.717, 1.165) is 12.2 Å². The van der Waals surface area contributed by atoms with Gasteiger partial charge in [-0.1, -0.05) is 13.8 Å². The van der Waals surface area contributed by atoms with Crippen LogP contribution in [0.1, 0.15) is 27.2 Å². The van der Waals surface area contributed by atoms with Gasteiger partial charge in [0.15, 0.2) is 0 Å². The number of benzene rings is 1. The van der Waals surface area contributed by atoms with Gasteiger partial charge in [0, 0.05) is 19.3 Å². The Balaban J connectivity index is 2.55. The summed E-state index contributed by atoms with van der Waals surface area (Å²) < 4.78 is 5.66. The molecule has 6 nitrogen and oxygen atoms in total. The average Bonchev–Trinajstić information content (AvgIpc) is 2.48. The van der Waals surface area contributed by atoms with Crippen LogP contribution in [0.5, 0.6) is 5.75 Å². The summed E-state index contributed by atoms with van der Waals surface area (Å²) in [6.45, 7) is 5.75. The summed E-state index contributed by atoms with van der Waals surface area (Å²) in [5, 5.41) is 11.6. The quantitative estimate of drug-likeness (QED) is 0.811. The lowest BCUT2D eigenvalue weighted by Gasteiger charge is -2.20. The monoisotopic (exact) mass is 308 g/mol. The van der Waals surface area contributed by atoms with E-state index in [1.807, 2.05) is 13.8 Å². The first-order valence-corrected chi connectivity index (χ1v) is 7.35. The van der Waals surface area contributed by atoms with Crippen molar-refractivity contribution < 1.29 is 19.4 Å². The maximum Gasteiger partial charge on any atom is 0.321 e. The largest absolute Gasteiger partial charge is 0.491 e. The van der Waals surface area contributed by atoms with Crippen molar-refractivity contribution >= 4 is 17.7 Å². The van der Waals surface area contributed by atoms with E-state index in [2.05, 4.69) is 5.32 Å². The molecule has 0 fully saturated rings. The number of aliphatic carboxylic acids is 1. The van der Waals surface area contributed by atoms with Crippen molar-refractivity contribution in [2.75, 3.05) is 18.9 Å². The fraction of sp³-hybridized carbons (Fsp3) is 0.500. The van der Waals surface area contributed by atoms with E-state index in [0.29, 0.717) is 5.69 Å². The number of nitrogens with zero attached hydrogens (tertiary/aromatic N) is 1. The number of urea groups is 1. The van der Waals surface area contributed by atoms with Crippen LogP contribution in [0.25, 0.3) is 0 Å². The van der Waals surface area contributed by atoms with Crippen LogP contribution in [0.3, 0.4) is 0 Å². The Morgan fingerprint density at radius 3 is 2.36 bits per heavy atom. The summed E-state index contributed by atoms with van der Waals surface area (Å²) in [5.41, 5.74) is 0.635. The number of anilines is 1. The zero-order valence-corrected chi connectivity index (χ0v) is 13.5. The van der Waals surface area contributed by atoms with E-state index in [9.17, 15) is 9.59 Å². The lowest BCUT2D eigenvalue weighted by atomic mass is 10.2. The highest BCUT2D eigenvalue weighted by Crippen LogP contribution is 2.18. The van der Waals surface area contributed by atoms with Crippen molar-refractivity contribution in [1.82, 2.24) is 4.90 Å². The lowest BCUT2D eigenvalue weighted by Crippen LogP contribution is -2.36. The topological polar surface area (TPSA) is 78.9 Å². The van der Waals surface area contributed by atoms with Gasteiger partial charge in [-0.3, -0.25) is 4.79 Å². The van der Waals surface area contributed by atoms with Crippen molar-refractivity contribution in [2.24, 2.45) is 5.92 Å². The second kappa shape index (κ2) is 8.26. The molecule has 122 valence electrons. The number of carboxylic acid groups (broad SMARTS) is 1. The highest BCUT2D eigenvalue weighted by molar-refractivity contribution is 5.89. The molecule has 1 aromatic rings. The summed E-state index contributed by atoms with van der Waals surface area (Å²) in [4.78, 5) is 24.1. The Labute approximate surface area is 131 Å². The SMILES string of the molecule is CCC(C)Oc1ccc(NC(=O)N(C)CC(C)C(=O)O)cc1. The van der Waals surface area contributed by atoms with Crippen LogP contribution in [0, 0.1) is 5.92 Å². The second-order valence-electron chi connectivity index (χ2n) is 5.41. The summed E-state index contributed by atoms with van der Waals surface area (Å²) in [7, 11) is 1.56. The Bertz CT molecular complexity index is 501. The molecule has 2 N–H and O–H groups in total. The minimum Gasteiger partial charge on any atom is -0.491 e. The number of carbonyl (C=O) groups excluding carboxylic acids is 1. The van der Waals surface area contributed by atoms with Crippen LogP contribution >= 0.6 is 0 Å². The maximum atomic E-state index is 12.0. The zero-order valence-electron chi connectivity index (χ0n) is 13.5. The summed E-state index contributed by atoms with van der Waals surface area (Å²) in [6.07, 6.45) is 1.06. The molecule has 1 aromatic carbocycles. The van der Waals surface area contributed by atoms with Crippen molar-refractivity contribution in [1.29, 1.82) is 0 Å². The molecule has 0 bridgehead atoms. The first-order chi connectivity index (χ1) is 10.3. The second-order valence-corrected chi connectivity index (χ2v) is 5.41. The van der Waals surface area contributed by atoms with Crippen molar-refractivity contribution in [3.8, 4) is 5.75 Å². The third-order valence-electron chi connectivity index (χ3n) is 3.33. The molecule has 2 atom stereocenters. The molecule has 2 unspecified atom stereocenters. The van der Waals surface area contributed by atoms with Gasteiger partial charge in [0.05, 0.1) is 12.0 Å². The summed E-state index contributed by atoms with van der Waals surface area (Å²) >= 11 is 0. The van der Waals surface area contributed by atoms with Gasteiger partial charge in [-0.25, -0.2) is 4.79 Å². The van der Waals surface area contributed by atoms with Crippen molar-refractivity contribution in [2.45, 2.75) is 33.3 Å². The Morgan fingerprint density at radius 2 is 1.86 bits per heavy atom. The molecule has 0 radical (unpaired) electrons. The number of amides is 2. The molecule has 0 saturated heterocycles. The van der Waals surface area contributed by atoms with Crippen LogP contribution in [0.4, 0.5) is 10.5 Å². The predicted octanol–water partition coefficient (Wildman–Crippen LogP) is 3.05. The van der Waals surface area contributed by atoms with Crippen LogP contribution in [0.15, 0.2) is 24.3 Å². The number of ether oxygens (including phenoxy) is 1. The van der Waals surface area contributed by atoms with Gasteiger partial charge >= 0.3 is 12.0 Å².